The van der Waals surface area contributed by atoms with E-state index in [1.165, 1.54) is 0 Å². The van der Waals surface area contributed by atoms with Crippen LogP contribution < -0.4 is 5.32 Å². The van der Waals surface area contributed by atoms with Gasteiger partial charge in [-0.15, -0.1) is 0 Å². The summed E-state index contributed by atoms with van der Waals surface area (Å²) in [5.74, 6) is 1.14. The van der Waals surface area contributed by atoms with Crippen molar-refractivity contribution >= 4 is 5.82 Å². The Labute approximate surface area is 49.1 Å². The van der Waals surface area contributed by atoms with Crippen LogP contribution in [0.15, 0.2) is 18.3 Å². The lowest BCUT2D eigenvalue weighted by molar-refractivity contribution is 0.932. The highest BCUT2D eigenvalue weighted by molar-refractivity contribution is 5.34. The van der Waals surface area contributed by atoms with Crippen LogP contribution in [0.1, 0.15) is 0 Å². The van der Waals surface area contributed by atoms with E-state index in [9.17, 15) is 0 Å². The molecule has 1 aromatic heterocycles. The summed E-state index contributed by atoms with van der Waals surface area (Å²) >= 11 is 0. The van der Waals surface area contributed by atoms with Gasteiger partial charge >= 0.3 is 0 Å². The molecule has 8 heavy (non-hydrogen) atoms. The van der Waals surface area contributed by atoms with Crippen LogP contribution in [-0.4, -0.2) is 11.6 Å². The van der Waals surface area contributed by atoms with Crippen LogP contribution >= 0.6 is 0 Å². The summed E-state index contributed by atoms with van der Waals surface area (Å²) in [7, 11) is 3.92. The summed E-state index contributed by atoms with van der Waals surface area (Å²) in [5.41, 5.74) is 0. The Kier molecular flexibility index (Phi) is 1.24. The number of nitrogens with one attached hydrogen (secondary N) is 1. The van der Waals surface area contributed by atoms with Gasteiger partial charge in [0.1, 0.15) is 5.82 Å². The molecule has 0 aromatic carbocycles. The molecule has 0 spiro atoms. The third-order valence-electron chi connectivity index (χ3n) is 1.20. The van der Waals surface area contributed by atoms with E-state index < -0.39 is 0 Å². The predicted molar refractivity (Wildman–Crippen MR) is 35.0 cm³/mol. The Morgan fingerprint density at radius 3 is 2.62 bits per heavy atom. The van der Waals surface area contributed by atoms with Crippen molar-refractivity contribution in [1.29, 1.82) is 0 Å². The highest BCUT2D eigenvalue weighted by Gasteiger charge is 1.87. The predicted octanol–water partition coefficient (Wildman–Crippen LogP) is 1.07. The molecule has 0 aliphatic carbocycles. The Hall–Kier alpha value is -0.920. The van der Waals surface area contributed by atoms with E-state index in [-0.39, 0.29) is 0 Å². The summed E-state index contributed by atoms with van der Waals surface area (Å²) in [5, 5.41) is 3.04. The minimum atomic E-state index is 1.14. The maximum Gasteiger partial charge on any atom is 0.105 e. The third kappa shape index (κ3) is 0.689. The first-order chi connectivity index (χ1) is 3.84. The molecule has 0 unspecified atom stereocenters. The lowest BCUT2D eigenvalue weighted by Crippen LogP contribution is -1.94. The SMILES string of the molecule is CNc1cccn1C. The molecule has 0 aliphatic heterocycles. The minimum absolute atomic E-state index is 1.14. The van der Waals surface area contributed by atoms with Gasteiger partial charge in [-0.25, -0.2) is 0 Å². The number of aryl methyl sites for hydroxylation is 1. The van der Waals surface area contributed by atoms with Crippen molar-refractivity contribution in [2.24, 2.45) is 7.05 Å². The van der Waals surface area contributed by atoms with E-state index in [4.69, 9.17) is 0 Å². The van der Waals surface area contributed by atoms with Crippen LogP contribution in [0.3, 0.4) is 0 Å². The molecule has 0 aliphatic rings. The van der Waals surface area contributed by atoms with Gasteiger partial charge in [-0.05, 0) is 12.1 Å². The lowest BCUT2D eigenvalue weighted by atomic mass is 10.6. The van der Waals surface area contributed by atoms with Gasteiger partial charge in [-0.3, -0.25) is 0 Å². The highest BCUT2D eigenvalue weighted by Crippen LogP contribution is 2.02. The fourth-order valence-electron chi connectivity index (χ4n) is 0.721. The molecule has 0 saturated carbocycles. The lowest BCUT2D eigenvalue weighted by Gasteiger charge is -1.98. The average Bonchev–Trinajstić information content (AvgIpc) is 2.14. The molecule has 44 valence electrons. The molecular weight excluding hydrogens is 100 g/mol. The van der Waals surface area contributed by atoms with E-state index in [1.54, 1.807) is 0 Å². The topological polar surface area (TPSA) is 17.0 Å². The zero-order valence-corrected chi connectivity index (χ0v) is 5.18. The summed E-state index contributed by atoms with van der Waals surface area (Å²) < 4.78 is 2.03. The van der Waals surface area contributed by atoms with Crippen molar-refractivity contribution in [3.05, 3.63) is 18.3 Å². The maximum absolute atomic E-state index is 3.04. The summed E-state index contributed by atoms with van der Waals surface area (Å²) in [6, 6.07) is 4.03. The van der Waals surface area contributed by atoms with Crippen LogP contribution in [0.5, 0.6) is 0 Å². The maximum atomic E-state index is 3.04. The van der Waals surface area contributed by atoms with E-state index in [1.807, 2.05) is 37.0 Å². The first kappa shape index (κ1) is 5.22. The van der Waals surface area contributed by atoms with E-state index in [0.717, 1.165) is 5.82 Å². The molecular formula is C6H10N2. The molecule has 0 fully saturated rings. The molecule has 0 radical (unpaired) electrons. The number of nitrogens with zero attached hydrogens (tertiary/aromatic N) is 1. The van der Waals surface area contributed by atoms with Gasteiger partial charge in [0.2, 0.25) is 0 Å². The van der Waals surface area contributed by atoms with Crippen molar-refractivity contribution in [2.75, 3.05) is 12.4 Å². The molecule has 0 amide bonds. The smallest absolute Gasteiger partial charge is 0.105 e. The zero-order chi connectivity index (χ0) is 5.98. The van der Waals surface area contributed by atoms with Crippen molar-refractivity contribution < 1.29 is 0 Å². The summed E-state index contributed by atoms with van der Waals surface area (Å²) in [4.78, 5) is 0. The van der Waals surface area contributed by atoms with Crippen molar-refractivity contribution in [1.82, 2.24) is 4.57 Å². The highest BCUT2D eigenvalue weighted by atomic mass is 15.1. The molecule has 1 N–H and O–H groups in total. The van der Waals surface area contributed by atoms with Gasteiger partial charge < -0.3 is 9.88 Å². The molecule has 0 atom stereocenters. The number of hydrogen-bond acceptors (Lipinski definition) is 1. The second-order valence-electron chi connectivity index (χ2n) is 1.75. The molecule has 1 rings (SSSR count). The fourth-order valence-corrected chi connectivity index (χ4v) is 0.721. The van der Waals surface area contributed by atoms with E-state index >= 15 is 0 Å². The first-order valence-corrected chi connectivity index (χ1v) is 2.63. The quantitative estimate of drug-likeness (QED) is 0.572. The van der Waals surface area contributed by atoms with Crippen molar-refractivity contribution in [3.8, 4) is 0 Å². The van der Waals surface area contributed by atoms with Crippen LogP contribution in [-0.2, 0) is 7.05 Å². The van der Waals surface area contributed by atoms with Gasteiger partial charge in [0.15, 0.2) is 0 Å². The second kappa shape index (κ2) is 1.90. The van der Waals surface area contributed by atoms with Gasteiger partial charge in [0, 0.05) is 20.3 Å². The summed E-state index contributed by atoms with van der Waals surface area (Å²) in [6.07, 6.45) is 2.01. The standard InChI is InChI=1S/C6H10N2/c1-7-6-4-3-5-8(6)2/h3-5,7H,1-2H3. The van der Waals surface area contributed by atoms with Crippen molar-refractivity contribution in [3.63, 3.8) is 0 Å². The zero-order valence-electron chi connectivity index (χ0n) is 5.18. The largest absolute Gasteiger partial charge is 0.375 e. The first-order valence-electron chi connectivity index (χ1n) is 2.63. The van der Waals surface area contributed by atoms with Gasteiger partial charge in [-0.1, -0.05) is 0 Å². The molecule has 0 saturated heterocycles. The van der Waals surface area contributed by atoms with Gasteiger partial charge in [-0.2, -0.15) is 0 Å². The average molecular weight is 110 g/mol. The van der Waals surface area contributed by atoms with Crippen LogP contribution in [0.25, 0.3) is 0 Å². The molecule has 2 nitrogen and oxygen atoms in total. The number of anilines is 1. The Morgan fingerprint density at radius 2 is 2.38 bits per heavy atom. The van der Waals surface area contributed by atoms with Gasteiger partial charge in [0.05, 0.1) is 0 Å². The van der Waals surface area contributed by atoms with E-state index in [0.29, 0.717) is 0 Å². The van der Waals surface area contributed by atoms with Crippen LogP contribution in [0.2, 0.25) is 0 Å². The molecule has 0 bridgehead atoms. The Bertz CT molecular complexity index is 167. The monoisotopic (exact) mass is 110 g/mol. The number of aromatic nitrogens is 1. The number of rotatable bonds is 1. The Balaban J connectivity index is 2.92. The third-order valence-corrected chi connectivity index (χ3v) is 1.20. The van der Waals surface area contributed by atoms with Gasteiger partial charge in [0.25, 0.3) is 0 Å². The minimum Gasteiger partial charge on any atom is -0.375 e. The number of hydrogen-bond donors (Lipinski definition) is 1. The molecule has 1 heterocycles. The molecule has 1 aromatic rings. The van der Waals surface area contributed by atoms with Crippen LogP contribution in [0.4, 0.5) is 5.82 Å². The Morgan fingerprint density at radius 1 is 1.62 bits per heavy atom. The summed E-state index contributed by atoms with van der Waals surface area (Å²) in [6.45, 7) is 0. The van der Waals surface area contributed by atoms with Crippen LogP contribution in [0, 0.1) is 0 Å². The van der Waals surface area contributed by atoms with E-state index in [2.05, 4.69) is 5.32 Å². The molecule has 2 heteroatoms. The normalized spacial score (nSPS) is 9.25. The van der Waals surface area contributed by atoms with Crippen molar-refractivity contribution in [2.45, 2.75) is 0 Å². The second-order valence-corrected chi connectivity index (χ2v) is 1.75. The fraction of sp³-hybridized carbons (Fsp3) is 0.333.